The number of carbonyl (C=O) groups is 2. The summed E-state index contributed by atoms with van der Waals surface area (Å²) >= 11 is 12.1. The van der Waals surface area contributed by atoms with Crippen molar-refractivity contribution in [1.29, 1.82) is 0 Å². The summed E-state index contributed by atoms with van der Waals surface area (Å²) in [6.45, 7) is 0.792. The summed E-state index contributed by atoms with van der Waals surface area (Å²) < 4.78 is 64.7. The SMILES string of the molecule is C[C@@](O)(C(=O)Nc1ccc(S(=O)(=O)c2ccc(C(=O)N3CCC(O)C3)cc2)c(Cl)c1Cl)C(F)(F)F. The second kappa shape index (κ2) is 9.58. The number of hydrogen-bond acceptors (Lipinski definition) is 6. The predicted octanol–water partition coefficient (Wildman–Crippen LogP) is 3.28. The van der Waals surface area contributed by atoms with Crippen molar-refractivity contribution < 1.29 is 41.4 Å². The number of nitrogens with one attached hydrogen (secondary N) is 1. The van der Waals surface area contributed by atoms with Crippen LogP contribution in [-0.2, 0) is 14.6 Å². The normalized spacial score (nSPS) is 18.3. The number of halogens is 5. The van der Waals surface area contributed by atoms with Crippen molar-refractivity contribution in [3.63, 3.8) is 0 Å². The molecule has 0 radical (unpaired) electrons. The molecule has 0 aromatic heterocycles. The zero-order valence-corrected chi connectivity index (χ0v) is 20.3. The molecular weight excluding hydrogens is 536 g/mol. The number of hydrogen-bond donors (Lipinski definition) is 3. The topological polar surface area (TPSA) is 124 Å². The summed E-state index contributed by atoms with van der Waals surface area (Å²) in [6, 6.07) is 6.81. The van der Waals surface area contributed by atoms with E-state index < -0.39 is 54.3 Å². The van der Waals surface area contributed by atoms with Gasteiger partial charge in [0, 0.05) is 18.7 Å². The molecule has 1 aliphatic rings. The minimum Gasteiger partial charge on any atom is -0.391 e. The number of alkyl halides is 3. The van der Waals surface area contributed by atoms with Gasteiger partial charge < -0.3 is 20.4 Å². The van der Waals surface area contributed by atoms with E-state index in [-0.39, 0.29) is 29.8 Å². The first-order chi connectivity index (χ1) is 16.1. The number of aliphatic hydroxyl groups is 2. The number of benzene rings is 2. The van der Waals surface area contributed by atoms with Crippen LogP contribution < -0.4 is 5.32 Å². The Labute approximate surface area is 208 Å². The zero-order valence-electron chi connectivity index (χ0n) is 17.9. The van der Waals surface area contributed by atoms with Crippen LogP contribution in [0.3, 0.4) is 0 Å². The number of carbonyl (C=O) groups excluding carboxylic acids is 2. The Bertz CT molecular complexity index is 1270. The summed E-state index contributed by atoms with van der Waals surface area (Å²) in [5.74, 6) is -2.22. The molecule has 35 heavy (non-hydrogen) atoms. The number of anilines is 1. The van der Waals surface area contributed by atoms with Gasteiger partial charge in [-0.15, -0.1) is 0 Å². The van der Waals surface area contributed by atoms with Crippen molar-refractivity contribution >= 4 is 50.5 Å². The number of rotatable bonds is 5. The van der Waals surface area contributed by atoms with Gasteiger partial charge in [-0.25, -0.2) is 8.42 Å². The van der Waals surface area contributed by atoms with Crippen molar-refractivity contribution in [1.82, 2.24) is 4.90 Å². The molecule has 2 atom stereocenters. The highest BCUT2D eigenvalue weighted by molar-refractivity contribution is 7.91. The molecule has 2 aromatic carbocycles. The molecule has 190 valence electrons. The van der Waals surface area contributed by atoms with Crippen molar-refractivity contribution in [3.8, 4) is 0 Å². The molecule has 0 aliphatic carbocycles. The quantitative estimate of drug-likeness (QED) is 0.521. The van der Waals surface area contributed by atoms with Crippen molar-refractivity contribution in [2.75, 3.05) is 18.4 Å². The van der Waals surface area contributed by atoms with Gasteiger partial charge in [-0.3, -0.25) is 9.59 Å². The number of sulfone groups is 1. The number of nitrogens with zero attached hydrogens (tertiary/aromatic N) is 1. The van der Waals surface area contributed by atoms with Crippen LogP contribution in [0.5, 0.6) is 0 Å². The van der Waals surface area contributed by atoms with E-state index in [0.717, 1.165) is 12.1 Å². The van der Waals surface area contributed by atoms with Crippen molar-refractivity contribution in [3.05, 3.63) is 52.0 Å². The van der Waals surface area contributed by atoms with E-state index in [1.807, 2.05) is 0 Å². The molecule has 1 unspecified atom stereocenters. The highest BCUT2D eigenvalue weighted by Gasteiger charge is 2.55. The van der Waals surface area contributed by atoms with E-state index in [2.05, 4.69) is 0 Å². The summed E-state index contributed by atoms with van der Waals surface area (Å²) in [5, 5.41) is 19.7. The molecule has 1 aliphatic heterocycles. The molecule has 3 rings (SSSR count). The summed E-state index contributed by atoms with van der Waals surface area (Å²) in [4.78, 5) is 25.1. The number of aliphatic hydroxyl groups excluding tert-OH is 1. The minimum atomic E-state index is -5.28. The third-order valence-electron chi connectivity index (χ3n) is 5.44. The molecule has 1 saturated heterocycles. The largest absolute Gasteiger partial charge is 0.426 e. The van der Waals surface area contributed by atoms with Crippen LogP contribution in [0.1, 0.15) is 23.7 Å². The third kappa shape index (κ3) is 5.26. The van der Waals surface area contributed by atoms with E-state index in [1.165, 1.54) is 29.2 Å². The Morgan fingerprint density at radius 2 is 1.69 bits per heavy atom. The van der Waals surface area contributed by atoms with Crippen LogP contribution in [0.4, 0.5) is 18.9 Å². The standard InChI is InChI=1S/C21H19Cl2F3N2O6S/c1-20(32,21(24,25)26)19(31)27-14-6-7-15(17(23)16(14)22)35(33,34)13-4-2-11(3-5-13)18(30)28-9-8-12(29)10-28/h2-7,12,29,32H,8-10H2,1H3,(H,27,31)/t12?,20-/m1/s1. The zero-order chi connectivity index (χ0) is 26.3. The van der Waals surface area contributed by atoms with Crippen LogP contribution in [0.25, 0.3) is 0 Å². The van der Waals surface area contributed by atoms with Gasteiger partial charge in [0.05, 0.1) is 31.6 Å². The second-order valence-corrected chi connectivity index (χ2v) is 10.7. The van der Waals surface area contributed by atoms with Crippen LogP contribution in [0, 0.1) is 0 Å². The first-order valence-electron chi connectivity index (χ1n) is 9.98. The maximum Gasteiger partial charge on any atom is 0.426 e. The van der Waals surface area contributed by atoms with E-state index >= 15 is 0 Å². The van der Waals surface area contributed by atoms with E-state index in [4.69, 9.17) is 23.2 Å². The van der Waals surface area contributed by atoms with Gasteiger partial charge in [0.15, 0.2) is 0 Å². The Morgan fingerprint density at radius 3 is 2.20 bits per heavy atom. The van der Waals surface area contributed by atoms with Gasteiger partial charge in [0.25, 0.3) is 11.8 Å². The Balaban J connectivity index is 1.86. The van der Waals surface area contributed by atoms with Crippen molar-refractivity contribution in [2.45, 2.75) is 41.0 Å². The molecular formula is C21H19Cl2F3N2O6S. The van der Waals surface area contributed by atoms with E-state index in [1.54, 1.807) is 5.32 Å². The highest BCUT2D eigenvalue weighted by atomic mass is 35.5. The van der Waals surface area contributed by atoms with Crippen LogP contribution >= 0.6 is 23.2 Å². The fraction of sp³-hybridized carbons (Fsp3) is 0.333. The van der Waals surface area contributed by atoms with Crippen LogP contribution in [0.2, 0.25) is 10.0 Å². The monoisotopic (exact) mass is 554 g/mol. The Kier molecular flexibility index (Phi) is 7.45. The molecule has 2 aromatic rings. The van der Waals surface area contributed by atoms with Gasteiger partial charge in [0.1, 0.15) is 0 Å². The molecule has 1 heterocycles. The third-order valence-corrected chi connectivity index (χ3v) is 8.25. The fourth-order valence-electron chi connectivity index (χ4n) is 3.22. The van der Waals surface area contributed by atoms with Crippen LogP contribution in [0.15, 0.2) is 46.2 Å². The van der Waals surface area contributed by atoms with Crippen molar-refractivity contribution in [2.24, 2.45) is 0 Å². The molecule has 3 N–H and O–H groups in total. The summed E-state index contributed by atoms with van der Waals surface area (Å²) in [5.41, 5.74) is -3.98. The summed E-state index contributed by atoms with van der Waals surface area (Å²) in [6.07, 6.45) is -5.45. The second-order valence-electron chi connectivity index (χ2n) is 7.98. The smallest absolute Gasteiger partial charge is 0.391 e. The predicted molar refractivity (Wildman–Crippen MR) is 120 cm³/mol. The number of amides is 2. The Hall–Kier alpha value is -2.38. The molecule has 0 bridgehead atoms. The highest BCUT2D eigenvalue weighted by Crippen LogP contribution is 2.39. The first-order valence-corrected chi connectivity index (χ1v) is 12.2. The lowest BCUT2D eigenvalue weighted by atomic mass is 10.1. The first kappa shape index (κ1) is 27.2. The lowest BCUT2D eigenvalue weighted by molar-refractivity contribution is -0.242. The average Bonchev–Trinajstić information content (AvgIpc) is 3.21. The minimum absolute atomic E-state index is 0.175. The average molecular weight is 555 g/mol. The molecule has 0 spiro atoms. The molecule has 1 fully saturated rings. The van der Waals surface area contributed by atoms with Crippen LogP contribution in [-0.4, -0.2) is 66.3 Å². The maximum absolute atomic E-state index is 13.1. The van der Waals surface area contributed by atoms with E-state index in [9.17, 15) is 41.4 Å². The summed E-state index contributed by atoms with van der Waals surface area (Å²) in [7, 11) is -4.28. The molecule has 2 amide bonds. The lowest BCUT2D eigenvalue weighted by Crippen LogP contribution is -2.52. The van der Waals surface area contributed by atoms with E-state index in [0.29, 0.717) is 13.0 Å². The fourth-order valence-corrected chi connectivity index (χ4v) is 5.29. The molecule has 14 heteroatoms. The lowest BCUT2D eigenvalue weighted by Gasteiger charge is -2.25. The van der Waals surface area contributed by atoms with Gasteiger partial charge in [-0.05, 0) is 49.7 Å². The maximum atomic E-state index is 13.1. The van der Waals surface area contributed by atoms with Gasteiger partial charge in [0.2, 0.25) is 15.4 Å². The number of β-amino-alcohol motifs (C(OH)–C–C–N with tert-alkyl or cyclic N) is 1. The molecule has 0 saturated carbocycles. The van der Waals surface area contributed by atoms with Gasteiger partial charge >= 0.3 is 6.18 Å². The van der Waals surface area contributed by atoms with Gasteiger partial charge in [-0.1, -0.05) is 23.2 Å². The molecule has 8 nitrogen and oxygen atoms in total. The number of likely N-dealkylation sites (tertiary alicyclic amines) is 1. The van der Waals surface area contributed by atoms with Gasteiger partial charge in [-0.2, -0.15) is 13.2 Å². The Morgan fingerprint density at radius 1 is 1.09 bits per heavy atom.